The van der Waals surface area contributed by atoms with E-state index < -0.39 is 0 Å². The molecule has 0 spiro atoms. The van der Waals surface area contributed by atoms with Gasteiger partial charge in [0.05, 0.1) is 6.04 Å². The molecule has 0 saturated carbocycles. The topological polar surface area (TPSA) is 74.5 Å². The summed E-state index contributed by atoms with van der Waals surface area (Å²) < 4.78 is 5.53. The molecule has 1 N–H and O–H groups in total. The highest BCUT2D eigenvalue weighted by molar-refractivity contribution is 5.76. The number of nitrogens with zero attached hydrogens (tertiary/aromatic N) is 4. The van der Waals surface area contributed by atoms with Gasteiger partial charge in [-0.1, -0.05) is 35.5 Å². The summed E-state index contributed by atoms with van der Waals surface area (Å²) in [5.41, 5.74) is 0.957. The van der Waals surface area contributed by atoms with Crippen LogP contribution in [0, 0.1) is 5.92 Å². The fourth-order valence-electron chi connectivity index (χ4n) is 4.28. The third-order valence-electron chi connectivity index (χ3n) is 6.27. The SMILES string of the molecule is CC(c1nc(-c2ccccc2)no1)N1CCN(C(=O)CCC2CCNCC2)CC1. The first-order valence-electron chi connectivity index (χ1n) is 10.8. The predicted octanol–water partition coefficient (Wildman–Crippen LogP) is 2.72. The second kappa shape index (κ2) is 9.50. The quantitative estimate of drug-likeness (QED) is 0.808. The number of carbonyl (C=O) groups is 1. The molecule has 0 radical (unpaired) electrons. The van der Waals surface area contributed by atoms with Crippen molar-refractivity contribution in [2.45, 2.75) is 38.6 Å². The van der Waals surface area contributed by atoms with Gasteiger partial charge in [-0.25, -0.2) is 0 Å². The van der Waals surface area contributed by atoms with Crippen molar-refractivity contribution >= 4 is 5.91 Å². The Balaban J connectivity index is 1.26. The lowest BCUT2D eigenvalue weighted by Gasteiger charge is -2.37. The summed E-state index contributed by atoms with van der Waals surface area (Å²) >= 11 is 0. The van der Waals surface area contributed by atoms with Gasteiger partial charge in [0.15, 0.2) is 0 Å². The number of rotatable bonds is 6. The summed E-state index contributed by atoms with van der Waals surface area (Å²) in [5.74, 6) is 2.27. The van der Waals surface area contributed by atoms with Crippen LogP contribution in [0.1, 0.15) is 44.5 Å². The second-order valence-corrected chi connectivity index (χ2v) is 8.15. The van der Waals surface area contributed by atoms with Gasteiger partial charge in [-0.15, -0.1) is 0 Å². The number of aromatic nitrogens is 2. The largest absolute Gasteiger partial charge is 0.340 e. The normalized spacial score (nSPS) is 20.0. The van der Waals surface area contributed by atoms with Gasteiger partial charge >= 0.3 is 0 Å². The first-order valence-corrected chi connectivity index (χ1v) is 10.8. The Labute approximate surface area is 172 Å². The van der Waals surface area contributed by atoms with Gasteiger partial charge in [0.2, 0.25) is 17.6 Å². The highest BCUT2D eigenvalue weighted by Crippen LogP contribution is 2.24. The van der Waals surface area contributed by atoms with Crippen LogP contribution in [0.2, 0.25) is 0 Å². The average molecular weight is 398 g/mol. The fraction of sp³-hybridized carbons (Fsp3) is 0.591. The molecule has 1 amide bonds. The standard InChI is InChI=1S/C22H31N5O2/c1-17(22-24-21(25-29-22)19-5-3-2-4-6-19)26-13-15-27(16-14-26)20(28)8-7-18-9-11-23-12-10-18/h2-6,17-18,23H,7-16H2,1H3. The van der Waals surface area contributed by atoms with Crippen molar-refractivity contribution in [2.24, 2.45) is 5.92 Å². The van der Waals surface area contributed by atoms with E-state index in [1.807, 2.05) is 35.2 Å². The van der Waals surface area contributed by atoms with Crippen molar-refractivity contribution in [3.05, 3.63) is 36.2 Å². The molecule has 0 bridgehead atoms. The zero-order chi connectivity index (χ0) is 20.1. The van der Waals surface area contributed by atoms with E-state index in [9.17, 15) is 4.79 Å². The number of carbonyl (C=O) groups excluding carboxylic acids is 1. The number of piperidine rings is 1. The Bertz CT molecular complexity index is 780. The monoisotopic (exact) mass is 397 g/mol. The number of piperazine rings is 1. The van der Waals surface area contributed by atoms with E-state index >= 15 is 0 Å². The Hall–Kier alpha value is -2.25. The average Bonchev–Trinajstić information content (AvgIpc) is 3.29. The minimum absolute atomic E-state index is 0.0481. The molecule has 156 valence electrons. The maximum absolute atomic E-state index is 12.6. The summed E-state index contributed by atoms with van der Waals surface area (Å²) in [7, 11) is 0. The summed E-state index contributed by atoms with van der Waals surface area (Å²) in [5, 5.41) is 7.52. The predicted molar refractivity (Wildman–Crippen MR) is 111 cm³/mol. The van der Waals surface area contributed by atoms with Gasteiger partial charge in [0.1, 0.15) is 0 Å². The molecule has 1 aromatic heterocycles. The van der Waals surface area contributed by atoms with Crippen LogP contribution in [-0.2, 0) is 4.79 Å². The van der Waals surface area contributed by atoms with Gasteiger partial charge in [0, 0.05) is 38.2 Å². The molecular formula is C22H31N5O2. The van der Waals surface area contributed by atoms with Crippen molar-refractivity contribution < 1.29 is 9.32 Å². The van der Waals surface area contributed by atoms with Crippen molar-refractivity contribution in [2.75, 3.05) is 39.3 Å². The van der Waals surface area contributed by atoms with Crippen LogP contribution in [0.3, 0.4) is 0 Å². The van der Waals surface area contributed by atoms with Gasteiger partial charge in [0.25, 0.3) is 0 Å². The molecule has 4 rings (SSSR count). The number of benzene rings is 1. The van der Waals surface area contributed by atoms with E-state index in [4.69, 9.17) is 4.52 Å². The van der Waals surface area contributed by atoms with E-state index in [1.54, 1.807) is 0 Å². The molecule has 0 aliphatic carbocycles. The van der Waals surface area contributed by atoms with Crippen molar-refractivity contribution in [1.82, 2.24) is 25.3 Å². The van der Waals surface area contributed by atoms with Crippen molar-refractivity contribution in [3.8, 4) is 11.4 Å². The first kappa shape index (κ1) is 20.0. The fourth-order valence-corrected chi connectivity index (χ4v) is 4.28. The minimum Gasteiger partial charge on any atom is -0.340 e. The zero-order valence-electron chi connectivity index (χ0n) is 17.2. The van der Waals surface area contributed by atoms with Gasteiger partial charge < -0.3 is 14.7 Å². The van der Waals surface area contributed by atoms with Gasteiger partial charge in [-0.05, 0) is 45.2 Å². The molecule has 2 aliphatic rings. The lowest BCUT2D eigenvalue weighted by Crippen LogP contribution is -2.49. The third kappa shape index (κ3) is 5.03. The molecule has 2 saturated heterocycles. The van der Waals surface area contributed by atoms with Gasteiger partial charge in [-0.3, -0.25) is 9.69 Å². The van der Waals surface area contributed by atoms with Crippen molar-refractivity contribution in [1.29, 1.82) is 0 Å². The smallest absolute Gasteiger partial charge is 0.244 e. The summed E-state index contributed by atoms with van der Waals surface area (Å²) in [4.78, 5) is 21.5. The van der Waals surface area contributed by atoms with E-state index in [0.717, 1.165) is 51.3 Å². The van der Waals surface area contributed by atoms with Crippen LogP contribution >= 0.6 is 0 Å². The Kier molecular flexibility index (Phi) is 6.56. The summed E-state index contributed by atoms with van der Waals surface area (Å²) in [6.07, 6.45) is 4.12. The molecule has 1 atom stereocenters. The minimum atomic E-state index is 0.0481. The maximum atomic E-state index is 12.6. The summed E-state index contributed by atoms with van der Waals surface area (Å²) in [6, 6.07) is 9.92. The Morgan fingerprint density at radius 3 is 2.62 bits per heavy atom. The maximum Gasteiger partial charge on any atom is 0.244 e. The lowest BCUT2D eigenvalue weighted by molar-refractivity contribution is -0.133. The lowest BCUT2D eigenvalue weighted by atomic mass is 9.93. The molecule has 1 unspecified atom stereocenters. The highest BCUT2D eigenvalue weighted by atomic mass is 16.5. The van der Waals surface area contributed by atoms with E-state index in [1.165, 1.54) is 12.8 Å². The number of hydrogen-bond acceptors (Lipinski definition) is 6. The molecule has 1 aromatic carbocycles. The summed E-state index contributed by atoms with van der Waals surface area (Å²) in [6.45, 7) is 7.50. The van der Waals surface area contributed by atoms with Crippen molar-refractivity contribution in [3.63, 3.8) is 0 Å². The molecule has 7 nitrogen and oxygen atoms in total. The zero-order valence-corrected chi connectivity index (χ0v) is 17.2. The number of amides is 1. The Morgan fingerprint density at radius 2 is 1.90 bits per heavy atom. The molecular weight excluding hydrogens is 366 g/mol. The molecule has 2 aliphatic heterocycles. The van der Waals surface area contributed by atoms with Crippen LogP contribution in [0.25, 0.3) is 11.4 Å². The molecule has 3 heterocycles. The van der Waals surface area contributed by atoms with E-state index in [-0.39, 0.29) is 6.04 Å². The molecule has 2 aromatic rings. The van der Waals surface area contributed by atoms with Crippen LogP contribution in [-0.4, -0.2) is 65.1 Å². The van der Waals surface area contributed by atoms with E-state index in [0.29, 0.717) is 30.0 Å². The molecule has 2 fully saturated rings. The molecule has 29 heavy (non-hydrogen) atoms. The van der Waals surface area contributed by atoms with Crippen LogP contribution in [0.4, 0.5) is 0 Å². The van der Waals surface area contributed by atoms with Gasteiger partial charge in [-0.2, -0.15) is 4.98 Å². The van der Waals surface area contributed by atoms with E-state index in [2.05, 4.69) is 27.3 Å². The first-order chi connectivity index (χ1) is 14.2. The third-order valence-corrected chi connectivity index (χ3v) is 6.27. The van der Waals surface area contributed by atoms with Crippen LogP contribution < -0.4 is 5.32 Å². The number of hydrogen-bond donors (Lipinski definition) is 1. The second-order valence-electron chi connectivity index (χ2n) is 8.15. The highest BCUT2D eigenvalue weighted by Gasteiger charge is 2.28. The van der Waals surface area contributed by atoms with Crippen LogP contribution in [0.5, 0.6) is 0 Å². The number of nitrogens with one attached hydrogen (secondary N) is 1. The van der Waals surface area contributed by atoms with Crippen LogP contribution in [0.15, 0.2) is 34.9 Å². The molecule has 7 heteroatoms. The Morgan fingerprint density at radius 1 is 1.17 bits per heavy atom.